The van der Waals surface area contributed by atoms with Crippen molar-refractivity contribution in [1.29, 1.82) is 5.26 Å². The van der Waals surface area contributed by atoms with Gasteiger partial charge in [0.05, 0.1) is 56.6 Å². The standard InChI is InChI=1S/C24H25N3O6S/c1-30-15-6-8-19(31-2)18(10-15)26-23(29)13-34-24-17(12-25)16(11-22(28)27-24)14-5-7-20(32-3)21(9-14)33-4/h5-10,16H,11,13H2,1-4H3,(H,26,29)(H,27,28)/t16-/m0/s1. The van der Waals surface area contributed by atoms with E-state index in [4.69, 9.17) is 18.9 Å². The number of hydrogen-bond donors (Lipinski definition) is 2. The van der Waals surface area contributed by atoms with Gasteiger partial charge in [-0.1, -0.05) is 17.8 Å². The van der Waals surface area contributed by atoms with Crippen molar-refractivity contribution in [2.45, 2.75) is 12.3 Å². The van der Waals surface area contributed by atoms with Crippen molar-refractivity contribution in [3.05, 3.63) is 52.6 Å². The Hall–Kier alpha value is -3.84. The third kappa shape index (κ3) is 5.55. The molecule has 0 saturated heterocycles. The molecule has 0 saturated carbocycles. The lowest BCUT2D eigenvalue weighted by Gasteiger charge is -2.25. The first-order valence-corrected chi connectivity index (χ1v) is 11.2. The highest BCUT2D eigenvalue weighted by molar-refractivity contribution is 8.03. The van der Waals surface area contributed by atoms with Crippen molar-refractivity contribution in [1.82, 2.24) is 5.32 Å². The number of hydrogen-bond acceptors (Lipinski definition) is 8. The van der Waals surface area contributed by atoms with Gasteiger partial charge in [-0.2, -0.15) is 5.26 Å². The summed E-state index contributed by atoms with van der Waals surface area (Å²) in [5.41, 5.74) is 1.58. The maximum Gasteiger partial charge on any atom is 0.234 e. The average Bonchev–Trinajstić information content (AvgIpc) is 2.86. The van der Waals surface area contributed by atoms with Gasteiger partial charge >= 0.3 is 0 Å². The molecule has 0 spiro atoms. The fourth-order valence-electron chi connectivity index (χ4n) is 3.52. The van der Waals surface area contributed by atoms with Gasteiger partial charge in [0, 0.05) is 18.4 Å². The number of amides is 2. The molecule has 2 aromatic carbocycles. The second-order valence-corrected chi connectivity index (χ2v) is 8.16. The van der Waals surface area contributed by atoms with Gasteiger partial charge in [-0.05, 0) is 29.8 Å². The third-order valence-corrected chi connectivity index (χ3v) is 6.21. The Morgan fingerprint density at radius 2 is 1.76 bits per heavy atom. The summed E-state index contributed by atoms with van der Waals surface area (Å²) in [7, 11) is 6.09. The smallest absolute Gasteiger partial charge is 0.234 e. The van der Waals surface area contributed by atoms with E-state index in [1.54, 1.807) is 36.4 Å². The van der Waals surface area contributed by atoms with Crippen LogP contribution in [0.1, 0.15) is 17.9 Å². The SMILES string of the molecule is COc1ccc(OC)c(NC(=O)CSC2=C(C#N)[C@H](c3ccc(OC)c(OC)c3)CC(=O)N2)c1. The zero-order chi connectivity index (χ0) is 24.7. The molecule has 0 aliphatic carbocycles. The molecule has 2 amide bonds. The number of benzene rings is 2. The van der Waals surface area contributed by atoms with E-state index >= 15 is 0 Å². The van der Waals surface area contributed by atoms with Crippen molar-refractivity contribution < 1.29 is 28.5 Å². The van der Waals surface area contributed by atoms with Crippen molar-refractivity contribution in [2.24, 2.45) is 0 Å². The summed E-state index contributed by atoms with van der Waals surface area (Å²) in [4.78, 5) is 25.1. The van der Waals surface area contributed by atoms with E-state index < -0.39 is 5.92 Å². The van der Waals surface area contributed by atoms with Crippen LogP contribution in [0.3, 0.4) is 0 Å². The highest BCUT2D eigenvalue weighted by Crippen LogP contribution is 2.39. The number of carbonyl (C=O) groups excluding carboxylic acids is 2. The van der Waals surface area contributed by atoms with Crippen LogP contribution in [-0.2, 0) is 9.59 Å². The summed E-state index contributed by atoms with van der Waals surface area (Å²) >= 11 is 1.09. The Morgan fingerprint density at radius 3 is 2.41 bits per heavy atom. The molecular weight excluding hydrogens is 458 g/mol. The molecule has 9 nitrogen and oxygen atoms in total. The normalized spacial score (nSPS) is 15.1. The molecule has 2 aromatic rings. The van der Waals surface area contributed by atoms with Crippen LogP contribution >= 0.6 is 11.8 Å². The molecule has 1 atom stereocenters. The molecule has 0 radical (unpaired) electrons. The first kappa shape index (κ1) is 24.8. The second-order valence-electron chi connectivity index (χ2n) is 7.18. The highest BCUT2D eigenvalue weighted by atomic mass is 32.2. The van der Waals surface area contributed by atoms with Gasteiger partial charge in [0.25, 0.3) is 0 Å². The van der Waals surface area contributed by atoms with Gasteiger partial charge in [-0.15, -0.1) is 0 Å². The molecule has 0 unspecified atom stereocenters. The number of anilines is 1. The van der Waals surface area contributed by atoms with Crippen LogP contribution in [0.25, 0.3) is 0 Å². The van der Waals surface area contributed by atoms with Gasteiger partial charge in [0.1, 0.15) is 11.5 Å². The lowest BCUT2D eigenvalue weighted by Crippen LogP contribution is -2.31. The predicted molar refractivity (Wildman–Crippen MR) is 128 cm³/mol. The first-order chi connectivity index (χ1) is 16.4. The minimum Gasteiger partial charge on any atom is -0.497 e. The summed E-state index contributed by atoms with van der Waals surface area (Å²) < 4.78 is 21.1. The third-order valence-electron chi connectivity index (χ3n) is 5.19. The molecular formula is C24H25N3O6S. The van der Waals surface area contributed by atoms with E-state index in [-0.39, 0.29) is 24.0 Å². The predicted octanol–water partition coefficient (Wildman–Crippen LogP) is 3.43. The maximum atomic E-state index is 12.6. The highest BCUT2D eigenvalue weighted by Gasteiger charge is 2.30. The summed E-state index contributed by atoms with van der Waals surface area (Å²) in [6.45, 7) is 0. The molecule has 10 heteroatoms. The Morgan fingerprint density at radius 1 is 1.06 bits per heavy atom. The van der Waals surface area contributed by atoms with E-state index in [9.17, 15) is 14.9 Å². The van der Waals surface area contributed by atoms with Crippen molar-refractivity contribution in [3.8, 4) is 29.1 Å². The molecule has 3 rings (SSSR count). The van der Waals surface area contributed by atoms with Crippen molar-refractivity contribution >= 4 is 29.3 Å². The lowest BCUT2D eigenvalue weighted by molar-refractivity contribution is -0.121. The van der Waals surface area contributed by atoms with Crippen LogP contribution < -0.4 is 29.6 Å². The van der Waals surface area contributed by atoms with Crippen LogP contribution in [0, 0.1) is 11.3 Å². The van der Waals surface area contributed by atoms with Gasteiger partial charge in [0.2, 0.25) is 11.8 Å². The number of nitrogens with one attached hydrogen (secondary N) is 2. The topological polar surface area (TPSA) is 119 Å². The molecule has 0 fully saturated rings. The van der Waals surface area contributed by atoms with Crippen LogP contribution in [0.15, 0.2) is 47.0 Å². The van der Waals surface area contributed by atoms with Crippen molar-refractivity contribution in [3.63, 3.8) is 0 Å². The Labute approximate surface area is 202 Å². The molecule has 2 N–H and O–H groups in total. The first-order valence-electron chi connectivity index (χ1n) is 10.2. The summed E-state index contributed by atoms with van der Waals surface area (Å²) in [5, 5.41) is 15.7. The fourth-order valence-corrected chi connectivity index (χ4v) is 4.40. The molecule has 1 aliphatic heterocycles. The number of ether oxygens (including phenoxy) is 4. The van der Waals surface area contributed by atoms with Gasteiger partial charge < -0.3 is 29.6 Å². The van der Waals surface area contributed by atoms with Gasteiger partial charge in [-0.25, -0.2) is 0 Å². The summed E-state index contributed by atoms with van der Waals surface area (Å²) in [6, 6.07) is 12.5. The Balaban J connectivity index is 1.80. The Kier molecular flexibility index (Phi) is 8.27. The van der Waals surface area contributed by atoms with E-state index in [2.05, 4.69) is 16.7 Å². The number of thioether (sulfide) groups is 1. The molecule has 178 valence electrons. The molecule has 1 aliphatic rings. The van der Waals surface area contributed by atoms with E-state index in [1.165, 1.54) is 28.4 Å². The minimum absolute atomic E-state index is 0.0280. The lowest BCUT2D eigenvalue weighted by atomic mass is 9.87. The van der Waals surface area contributed by atoms with Gasteiger partial charge in [-0.3, -0.25) is 9.59 Å². The van der Waals surface area contributed by atoms with Gasteiger partial charge in [0.15, 0.2) is 11.5 Å². The number of nitriles is 1. The minimum atomic E-state index is -0.470. The van der Waals surface area contributed by atoms with E-state index in [0.717, 1.165) is 17.3 Å². The number of nitrogens with zero attached hydrogens (tertiary/aromatic N) is 1. The fraction of sp³-hybridized carbons (Fsp3) is 0.292. The average molecular weight is 484 g/mol. The quantitative estimate of drug-likeness (QED) is 0.557. The number of allylic oxidation sites excluding steroid dienone is 1. The molecule has 0 aromatic heterocycles. The number of methoxy groups -OCH3 is 4. The second kappa shape index (κ2) is 11.3. The number of carbonyl (C=O) groups is 2. The monoisotopic (exact) mass is 483 g/mol. The molecule has 1 heterocycles. The maximum absolute atomic E-state index is 12.6. The van der Waals surface area contributed by atoms with Crippen LogP contribution in [0.2, 0.25) is 0 Å². The van der Waals surface area contributed by atoms with E-state index in [0.29, 0.717) is 39.3 Å². The van der Waals surface area contributed by atoms with Crippen LogP contribution in [-0.4, -0.2) is 46.0 Å². The molecule has 0 bridgehead atoms. The molecule has 34 heavy (non-hydrogen) atoms. The number of rotatable bonds is 9. The summed E-state index contributed by atoms with van der Waals surface area (Å²) in [5.74, 6) is 1.03. The van der Waals surface area contributed by atoms with E-state index in [1.807, 2.05) is 0 Å². The summed E-state index contributed by atoms with van der Waals surface area (Å²) in [6.07, 6.45) is 0.107. The largest absolute Gasteiger partial charge is 0.497 e. The van der Waals surface area contributed by atoms with Crippen LogP contribution in [0.5, 0.6) is 23.0 Å². The zero-order valence-electron chi connectivity index (χ0n) is 19.3. The Bertz CT molecular complexity index is 1160. The van der Waals surface area contributed by atoms with Crippen LogP contribution in [0.4, 0.5) is 5.69 Å². The van der Waals surface area contributed by atoms with Crippen molar-refractivity contribution in [2.75, 3.05) is 39.5 Å². The zero-order valence-corrected chi connectivity index (χ0v) is 20.1.